The van der Waals surface area contributed by atoms with E-state index < -0.39 is 29.1 Å². The second-order valence-corrected chi connectivity index (χ2v) is 9.08. The zero-order chi connectivity index (χ0) is 23.0. The molecule has 1 amide bonds. The predicted octanol–water partition coefficient (Wildman–Crippen LogP) is 4.30. The van der Waals surface area contributed by atoms with Crippen molar-refractivity contribution in [1.82, 2.24) is 15.3 Å². The number of benzene rings is 1. The van der Waals surface area contributed by atoms with Crippen molar-refractivity contribution in [3.63, 3.8) is 0 Å². The molecular formula is C23H28FN3O4. The Kier molecular flexibility index (Phi) is 6.11. The van der Waals surface area contributed by atoms with Crippen molar-refractivity contribution < 1.29 is 23.5 Å². The first kappa shape index (κ1) is 22.8. The number of Topliss-reactive ketones (excluding diaryl/α,β-unsaturated/α-hetero) is 2. The molecule has 166 valence electrons. The van der Waals surface area contributed by atoms with Crippen LogP contribution in [0.25, 0.3) is 11.0 Å². The number of fused-ring (bicyclic) bond motifs is 1. The molecule has 1 N–H and O–H groups in total. The van der Waals surface area contributed by atoms with E-state index in [4.69, 9.17) is 4.74 Å². The normalized spacial score (nSPS) is 15.9. The number of rotatable bonds is 7. The summed E-state index contributed by atoms with van der Waals surface area (Å²) >= 11 is 0. The number of hydrogen-bond donors (Lipinski definition) is 1. The summed E-state index contributed by atoms with van der Waals surface area (Å²) in [6.45, 7) is 8.58. The first-order valence-electron chi connectivity index (χ1n) is 10.5. The van der Waals surface area contributed by atoms with Crippen LogP contribution in [0.3, 0.4) is 0 Å². The molecule has 1 unspecified atom stereocenters. The average Bonchev–Trinajstić information content (AvgIpc) is 3.44. The molecule has 0 spiro atoms. The highest BCUT2D eigenvalue weighted by molar-refractivity contribution is 6.08. The minimum atomic E-state index is -0.981. The van der Waals surface area contributed by atoms with E-state index in [1.807, 2.05) is 6.92 Å². The van der Waals surface area contributed by atoms with Gasteiger partial charge in [-0.25, -0.2) is 14.8 Å². The molecule has 0 aliphatic heterocycles. The number of nitrogens with zero attached hydrogens (tertiary/aromatic N) is 2. The van der Waals surface area contributed by atoms with Crippen LogP contribution < -0.4 is 5.32 Å². The number of ketones is 2. The van der Waals surface area contributed by atoms with Crippen LogP contribution in [0.4, 0.5) is 9.18 Å². The quantitative estimate of drug-likeness (QED) is 0.659. The van der Waals surface area contributed by atoms with Gasteiger partial charge in [0.25, 0.3) is 0 Å². The van der Waals surface area contributed by atoms with E-state index in [1.54, 1.807) is 39.0 Å². The molecule has 1 fully saturated rings. The maximum absolute atomic E-state index is 14.0. The minimum Gasteiger partial charge on any atom is -0.444 e. The zero-order valence-corrected chi connectivity index (χ0v) is 18.5. The van der Waals surface area contributed by atoms with Crippen molar-refractivity contribution in [1.29, 1.82) is 0 Å². The van der Waals surface area contributed by atoms with Gasteiger partial charge in [-0.2, -0.15) is 4.39 Å². The van der Waals surface area contributed by atoms with Gasteiger partial charge in [0.1, 0.15) is 16.7 Å². The lowest BCUT2D eigenvalue weighted by Crippen LogP contribution is -2.47. The van der Waals surface area contributed by atoms with E-state index in [-0.39, 0.29) is 34.8 Å². The fraction of sp³-hybridized carbons (Fsp3) is 0.522. The number of ether oxygens (including phenoxy) is 1. The van der Waals surface area contributed by atoms with Crippen LogP contribution in [0.5, 0.6) is 0 Å². The second-order valence-electron chi connectivity index (χ2n) is 9.08. The fourth-order valence-electron chi connectivity index (χ4n) is 3.57. The number of carbonyl (C=O) groups excluding carboxylic acids is 3. The van der Waals surface area contributed by atoms with E-state index in [2.05, 4.69) is 15.3 Å². The molecule has 0 bridgehead atoms. The Hall–Kier alpha value is -2.90. The van der Waals surface area contributed by atoms with E-state index >= 15 is 0 Å². The topological polar surface area (TPSA) is 98.3 Å². The Bertz CT molecular complexity index is 1040. The molecule has 7 nitrogen and oxygen atoms in total. The fourth-order valence-corrected chi connectivity index (χ4v) is 3.57. The largest absolute Gasteiger partial charge is 0.444 e. The van der Waals surface area contributed by atoms with Gasteiger partial charge >= 0.3 is 6.09 Å². The van der Waals surface area contributed by atoms with E-state index in [9.17, 15) is 18.8 Å². The van der Waals surface area contributed by atoms with E-state index in [0.29, 0.717) is 24.8 Å². The molecule has 3 rings (SSSR count). The molecule has 1 aliphatic carbocycles. The van der Waals surface area contributed by atoms with Crippen molar-refractivity contribution in [2.45, 2.75) is 71.4 Å². The van der Waals surface area contributed by atoms with E-state index in [1.165, 1.54) is 6.92 Å². The van der Waals surface area contributed by atoms with Crippen molar-refractivity contribution in [2.24, 2.45) is 5.92 Å². The summed E-state index contributed by atoms with van der Waals surface area (Å²) in [5.74, 6) is -1.79. The molecule has 8 heteroatoms. The SMILES string of the molecule is CCC(CC(=O)c1cccc2nc(C)c(F)nc12)C(=O)C1(NC(=O)OC(C)(C)C)CC1. The highest BCUT2D eigenvalue weighted by Crippen LogP contribution is 2.40. The third-order valence-corrected chi connectivity index (χ3v) is 5.37. The lowest BCUT2D eigenvalue weighted by Gasteiger charge is -2.25. The van der Waals surface area contributed by atoms with Gasteiger partial charge in [0.15, 0.2) is 11.6 Å². The number of aryl methyl sites for hydroxylation is 1. The maximum atomic E-state index is 14.0. The Balaban J connectivity index is 1.78. The molecular weight excluding hydrogens is 401 g/mol. The van der Waals surface area contributed by atoms with Crippen LogP contribution in [0.1, 0.15) is 69.4 Å². The van der Waals surface area contributed by atoms with Gasteiger partial charge in [0.2, 0.25) is 5.95 Å². The summed E-state index contributed by atoms with van der Waals surface area (Å²) in [5.41, 5.74) is -0.653. The minimum absolute atomic E-state index is 0.0522. The van der Waals surface area contributed by atoms with Crippen molar-refractivity contribution in [2.75, 3.05) is 0 Å². The van der Waals surface area contributed by atoms with Gasteiger partial charge in [-0.15, -0.1) is 0 Å². The number of aromatic nitrogens is 2. The Morgan fingerprint density at radius 1 is 1.23 bits per heavy atom. The first-order valence-corrected chi connectivity index (χ1v) is 10.5. The predicted molar refractivity (Wildman–Crippen MR) is 113 cm³/mol. The van der Waals surface area contributed by atoms with Gasteiger partial charge in [0, 0.05) is 17.9 Å². The number of amides is 1. The average molecular weight is 429 g/mol. The van der Waals surface area contributed by atoms with Crippen molar-refractivity contribution in [3.8, 4) is 0 Å². The lowest BCUT2D eigenvalue weighted by atomic mass is 9.87. The molecule has 0 saturated heterocycles. The third-order valence-electron chi connectivity index (χ3n) is 5.37. The monoisotopic (exact) mass is 429 g/mol. The summed E-state index contributed by atoms with van der Waals surface area (Å²) in [6.07, 6.45) is 0.769. The number of halogens is 1. The maximum Gasteiger partial charge on any atom is 0.408 e. The number of para-hydroxylation sites is 1. The third kappa shape index (κ3) is 5.06. The lowest BCUT2D eigenvalue weighted by molar-refractivity contribution is -0.126. The van der Waals surface area contributed by atoms with Crippen LogP contribution in [0.2, 0.25) is 0 Å². The van der Waals surface area contributed by atoms with Gasteiger partial charge in [-0.05, 0) is 59.1 Å². The number of nitrogens with one attached hydrogen (secondary N) is 1. The van der Waals surface area contributed by atoms with Crippen LogP contribution >= 0.6 is 0 Å². The molecule has 0 radical (unpaired) electrons. The summed E-state index contributed by atoms with van der Waals surface area (Å²) in [7, 11) is 0. The smallest absolute Gasteiger partial charge is 0.408 e. The summed E-state index contributed by atoms with van der Waals surface area (Å²) < 4.78 is 19.2. The van der Waals surface area contributed by atoms with Gasteiger partial charge < -0.3 is 10.1 Å². The summed E-state index contributed by atoms with van der Waals surface area (Å²) in [5, 5.41) is 2.70. The molecule has 2 aromatic rings. The Morgan fingerprint density at radius 2 is 1.90 bits per heavy atom. The van der Waals surface area contributed by atoms with Gasteiger partial charge in [0.05, 0.1) is 11.2 Å². The molecule has 1 heterocycles. The van der Waals surface area contributed by atoms with Crippen molar-refractivity contribution >= 4 is 28.7 Å². The van der Waals surface area contributed by atoms with Gasteiger partial charge in [-0.3, -0.25) is 9.59 Å². The Morgan fingerprint density at radius 3 is 2.48 bits per heavy atom. The standard InChI is InChI=1S/C23H28FN3O4/c1-6-14(19(29)23(10-11-23)27-21(30)31-22(3,4)5)12-17(28)15-8-7-9-16-18(15)26-20(24)13(2)25-16/h7-9,14H,6,10-12H2,1-5H3,(H,27,30). The molecule has 1 saturated carbocycles. The second kappa shape index (κ2) is 8.32. The summed E-state index contributed by atoms with van der Waals surface area (Å²) in [4.78, 5) is 46.4. The van der Waals surface area contributed by atoms with Crippen LogP contribution in [-0.4, -0.2) is 38.8 Å². The Labute approximate surface area is 180 Å². The van der Waals surface area contributed by atoms with Crippen molar-refractivity contribution in [3.05, 3.63) is 35.4 Å². The molecule has 1 aromatic heterocycles. The highest BCUT2D eigenvalue weighted by Gasteiger charge is 2.53. The highest BCUT2D eigenvalue weighted by atomic mass is 19.1. The molecule has 1 atom stereocenters. The number of hydrogen-bond acceptors (Lipinski definition) is 6. The number of alkyl carbamates (subject to hydrolysis) is 1. The molecule has 1 aliphatic rings. The first-order chi connectivity index (χ1) is 14.5. The zero-order valence-electron chi connectivity index (χ0n) is 18.5. The molecule has 1 aromatic carbocycles. The van der Waals surface area contributed by atoms with Crippen LogP contribution in [0.15, 0.2) is 18.2 Å². The van der Waals surface area contributed by atoms with Crippen LogP contribution in [0, 0.1) is 18.8 Å². The van der Waals surface area contributed by atoms with Gasteiger partial charge in [-0.1, -0.05) is 13.0 Å². The van der Waals surface area contributed by atoms with E-state index in [0.717, 1.165) is 0 Å². The van der Waals surface area contributed by atoms with Crippen LogP contribution in [-0.2, 0) is 9.53 Å². The molecule has 31 heavy (non-hydrogen) atoms. The summed E-state index contributed by atoms with van der Waals surface area (Å²) in [6, 6.07) is 4.89. The number of carbonyl (C=O) groups is 3.